The third-order valence-corrected chi connectivity index (χ3v) is 3.98. The maximum atomic E-state index is 10.1. The average molecular weight is 256 g/mol. The Morgan fingerprint density at radius 3 is 2.84 bits per heavy atom. The van der Waals surface area contributed by atoms with Crippen LogP contribution >= 0.6 is 0 Å². The number of aromatic nitrogens is 1. The van der Waals surface area contributed by atoms with Crippen molar-refractivity contribution < 1.29 is 5.11 Å². The van der Waals surface area contributed by atoms with E-state index in [0.717, 1.165) is 37.0 Å². The van der Waals surface area contributed by atoms with Crippen LogP contribution in [0.25, 0.3) is 10.9 Å². The van der Waals surface area contributed by atoms with Gasteiger partial charge < -0.3 is 10.4 Å². The van der Waals surface area contributed by atoms with Crippen LogP contribution in [-0.4, -0.2) is 22.2 Å². The molecule has 2 aromatic rings. The third kappa shape index (κ3) is 2.62. The van der Waals surface area contributed by atoms with Crippen molar-refractivity contribution in [3.8, 4) is 0 Å². The first-order valence-electron chi connectivity index (χ1n) is 6.95. The average Bonchev–Trinajstić information content (AvgIpc) is 2.36. The number of nitrogens with zero attached hydrogens (tertiary/aromatic N) is 1. The van der Waals surface area contributed by atoms with Crippen molar-refractivity contribution in [1.82, 2.24) is 10.3 Å². The molecule has 2 N–H and O–H groups in total. The summed E-state index contributed by atoms with van der Waals surface area (Å²) in [6, 6.07) is 10.3. The van der Waals surface area contributed by atoms with Crippen molar-refractivity contribution >= 4 is 10.9 Å². The zero-order valence-corrected chi connectivity index (χ0v) is 11.3. The molecule has 1 aliphatic rings. The molecule has 0 atom stereocenters. The van der Waals surface area contributed by atoms with E-state index in [1.165, 1.54) is 10.9 Å². The molecule has 0 radical (unpaired) electrons. The van der Waals surface area contributed by atoms with Crippen molar-refractivity contribution in [2.24, 2.45) is 0 Å². The van der Waals surface area contributed by atoms with Gasteiger partial charge >= 0.3 is 0 Å². The van der Waals surface area contributed by atoms with Crippen molar-refractivity contribution in [3.63, 3.8) is 0 Å². The van der Waals surface area contributed by atoms with Gasteiger partial charge in [0.2, 0.25) is 0 Å². The zero-order chi connectivity index (χ0) is 13.3. The Morgan fingerprint density at radius 1 is 1.32 bits per heavy atom. The molecule has 3 rings (SSSR count). The Bertz CT molecular complexity index is 590. The number of benzene rings is 1. The number of hydrogen-bond acceptors (Lipinski definition) is 3. The second kappa shape index (κ2) is 4.91. The third-order valence-electron chi connectivity index (χ3n) is 3.98. The van der Waals surface area contributed by atoms with Gasteiger partial charge in [-0.2, -0.15) is 0 Å². The molecule has 0 aliphatic heterocycles. The van der Waals surface area contributed by atoms with Crippen LogP contribution in [0, 0.1) is 6.92 Å². The van der Waals surface area contributed by atoms with E-state index in [4.69, 9.17) is 0 Å². The second-order valence-electron chi connectivity index (χ2n) is 5.62. The molecule has 1 heterocycles. The minimum Gasteiger partial charge on any atom is -0.389 e. The summed E-state index contributed by atoms with van der Waals surface area (Å²) in [5.74, 6) is 0. The number of aliphatic hydroxyl groups is 1. The Labute approximate surface area is 113 Å². The van der Waals surface area contributed by atoms with Gasteiger partial charge in [0.1, 0.15) is 0 Å². The fourth-order valence-corrected chi connectivity index (χ4v) is 2.73. The van der Waals surface area contributed by atoms with Crippen molar-refractivity contribution in [2.75, 3.05) is 6.54 Å². The molecule has 0 bridgehead atoms. The molecular formula is C16H20N2O. The predicted octanol–water partition coefficient (Wildman–Crippen LogP) is 2.55. The maximum absolute atomic E-state index is 10.1. The van der Waals surface area contributed by atoms with Gasteiger partial charge in [-0.3, -0.25) is 4.98 Å². The summed E-state index contributed by atoms with van der Waals surface area (Å²) < 4.78 is 0. The topological polar surface area (TPSA) is 45.1 Å². The lowest BCUT2D eigenvalue weighted by atomic mass is 9.80. The molecule has 0 amide bonds. The maximum Gasteiger partial charge on any atom is 0.0771 e. The molecule has 1 aromatic heterocycles. The zero-order valence-electron chi connectivity index (χ0n) is 11.3. The molecule has 100 valence electrons. The molecule has 3 heteroatoms. The standard InChI is InChI=1S/C16H20N2O/c1-12-9-13(10-17-11-16(19)7-4-8-16)14-5-2-3-6-15(14)18-12/h2-3,5-6,9,17,19H,4,7-8,10-11H2,1H3. The van der Waals surface area contributed by atoms with Crippen LogP contribution in [0.3, 0.4) is 0 Å². The first kappa shape index (κ1) is 12.6. The first-order valence-corrected chi connectivity index (χ1v) is 6.95. The van der Waals surface area contributed by atoms with Crippen molar-refractivity contribution in [1.29, 1.82) is 0 Å². The highest BCUT2D eigenvalue weighted by molar-refractivity contribution is 5.82. The minimum absolute atomic E-state index is 0.460. The summed E-state index contributed by atoms with van der Waals surface area (Å²) in [5.41, 5.74) is 2.88. The molecule has 19 heavy (non-hydrogen) atoms. The molecule has 0 unspecified atom stereocenters. The van der Waals surface area contributed by atoms with E-state index in [9.17, 15) is 5.11 Å². The number of para-hydroxylation sites is 1. The van der Waals surface area contributed by atoms with E-state index < -0.39 is 5.60 Å². The molecule has 1 aliphatic carbocycles. The normalized spacial score (nSPS) is 17.4. The predicted molar refractivity (Wildman–Crippen MR) is 77.0 cm³/mol. The van der Waals surface area contributed by atoms with Crippen molar-refractivity contribution in [3.05, 3.63) is 41.6 Å². The quantitative estimate of drug-likeness (QED) is 0.883. The monoisotopic (exact) mass is 256 g/mol. The van der Waals surface area contributed by atoms with Crippen LogP contribution in [0.4, 0.5) is 0 Å². The van der Waals surface area contributed by atoms with E-state index in [0.29, 0.717) is 6.54 Å². The van der Waals surface area contributed by atoms with Crippen LogP contribution in [0.1, 0.15) is 30.5 Å². The molecule has 1 aromatic carbocycles. The van der Waals surface area contributed by atoms with Gasteiger partial charge in [-0.1, -0.05) is 18.2 Å². The number of fused-ring (bicyclic) bond motifs is 1. The highest BCUT2D eigenvalue weighted by Gasteiger charge is 2.33. The van der Waals surface area contributed by atoms with Crippen LogP contribution in [0.5, 0.6) is 0 Å². The molecule has 3 nitrogen and oxygen atoms in total. The van der Waals surface area contributed by atoms with Gasteiger partial charge in [-0.25, -0.2) is 0 Å². The lowest BCUT2D eigenvalue weighted by Gasteiger charge is -2.36. The smallest absolute Gasteiger partial charge is 0.0771 e. The highest BCUT2D eigenvalue weighted by atomic mass is 16.3. The minimum atomic E-state index is -0.460. The summed E-state index contributed by atoms with van der Waals surface area (Å²) in [4.78, 5) is 4.54. The number of rotatable bonds is 4. The largest absolute Gasteiger partial charge is 0.389 e. The SMILES string of the molecule is Cc1cc(CNCC2(O)CCC2)c2ccccc2n1. The summed E-state index contributed by atoms with van der Waals surface area (Å²) in [7, 11) is 0. The first-order chi connectivity index (χ1) is 9.16. The van der Waals surface area contributed by atoms with E-state index in [-0.39, 0.29) is 0 Å². The number of aryl methyl sites for hydroxylation is 1. The lowest BCUT2D eigenvalue weighted by molar-refractivity contribution is -0.0314. The molecule has 1 saturated carbocycles. The van der Waals surface area contributed by atoms with Gasteiger partial charge in [-0.15, -0.1) is 0 Å². The van der Waals surface area contributed by atoms with Crippen molar-refractivity contribution in [2.45, 2.75) is 38.3 Å². The van der Waals surface area contributed by atoms with E-state index >= 15 is 0 Å². The van der Waals surface area contributed by atoms with Gasteiger partial charge in [0.15, 0.2) is 0 Å². The van der Waals surface area contributed by atoms with Gasteiger partial charge in [0.05, 0.1) is 11.1 Å². The fourth-order valence-electron chi connectivity index (χ4n) is 2.73. The van der Waals surface area contributed by atoms with Gasteiger partial charge in [0, 0.05) is 24.2 Å². The Hall–Kier alpha value is -1.45. The van der Waals surface area contributed by atoms with Crippen LogP contribution in [0.2, 0.25) is 0 Å². The van der Waals surface area contributed by atoms with E-state index in [2.05, 4.69) is 22.4 Å². The Morgan fingerprint density at radius 2 is 2.11 bits per heavy atom. The fraction of sp³-hybridized carbons (Fsp3) is 0.438. The summed E-state index contributed by atoms with van der Waals surface area (Å²) >= 11 is 0. The summed E-state index contributed by atoms with van der Waals surface area (Å²) in [6.45, 7) is 3.49. The van der Waals surface area contributed by atoms with Crippen LogP contribution < -0.4 is 5.32 Å². The van der Waals surface area contributed by atoms with E-state index in [1.54, 1.807) is 0 Å². The lowest BCUT2D eigenvalue weighted by Crippen LogP contribution is -2.46. The number of pyridine rings is 1. The Balaban J connectivity index is 1.76. The molecule has 0 spiro atoms. The highest BCUT2D eigenvalue weighted by Crippen LogP contribution is 2.30. The van der Waals surface area contributed by atoms with Crippen LogP contribution in [0.15, 0.2) is 30.3 Å². The number of nitrogens with one attached hydrogen (secondary N) is 1. The summed E-state index contributed by atoms with van der Waals surface area (Å²) in [5, 5.41) is 14.7. The molecule has 1 fully saturated rings. The van der Waals surface area contributed by atoms with Crippen LogP contribution in [-0.2, 0) is 6.54 Å². The molecular weight excluding hydrogens is 236 g/mol. The summed E-state index contributed by atoms with van der Waals surface area (Å²) in [6.07, 6.45) is 3.00. The molecule has 0 saturated heterocycles. The van der Waals surface area contributed by atoms with E-state index in [1.807, 2.05) is 25.1 Å². The number of hydrogen-bond donors (Lipinski definition) is 2. The second-order valence-corrected chi connectivity index (χ2v) is 5.62. The Kier molecular flexibility index (Phi) is 3.25. The van der Waals surface area contributed by atoms with Gasteiger partial charge in [-0.05, 0) is 43.9 Å². The van der Waals surface area contributed by atoms with Gasteiger partial charge in [0.25, 0.3) is 0 Å².